The summed E-state index contributed by atoms with van der Waals surface area (Å²) in [5, 5.41) is 0. The van der Waals surface area contributed by atoms with Crippen LogP contribution in [0.3, 0.4) is 0 Å². The molecule has 2 aliphatic rings. The highest BCUT2D eigenvalue weighted by molar-refractivity contribution is 7.89. The number of hydrogen-bond donors (Lipinski definition) is 2. The van der Waals surface area contributed by atoms with E-state index in [1.807, 2.05) is 4.90 Å². The first-order valence-electron chi connectivity index (χ1n) is 8.57. The fraction of sp³-hybridized carbons (Fsp3) is 0.588. The quantitative estimate of drug-likeness (QED) is 0.737. The van der Waals surface area contributed by atoms with E-state index in [-0.39, 0.29) is 29.3 Å². The monoisotopic (exact) mass is 387 g/mol. The number of amides is 1. The third-order valence-electron chi connectivity index (χ3n) is 4.73. The van der Waals surface area contributed by atoms with E-state index >= 15 is 0 Å². The van der Waals surface area contributed by atoms with E-state index in [0.717, 1.165) is 37.9 Å². The van der Waals surface area contributed by atoms with Crippen LogP contribution in [0.15, 0.2) is 29.2 Å². The Balaban J connectivity index is 0.00000225. The normalized spacial score (nSPS) is 20.4. The van der Waals surface area contributed by atoms with Crippen molar-refractivity contribution in [3.05, 3.63) is 29.8 Å². The molecule has 1 aliphatic carbocycles. The number of carbonyl (C=O) groups excluding carboxylic acids is 1. The molecule has 0 bridgehead atoms. The van der Waals surface area contributed by atoms with Gasteiger partial charge in [0.1, 0.15) is 0 Å². The van der Waals surface area contributed by atoms with E-state index in [1.165, 1.54) is 0 Å². The van der Waals surface area contributed by atoms with Crippen molar-refractivity contribution in [2.24, 2.45) is 11.7 Å². The van der Waals surface area contributed by atoms with Crippen LogP contribution in [0.4, 0.5) is 0 Å². The van der Waals surface area contributed by atoms with Gasteiger partial charge < -0.3 is 10.6 Å². The number of aryl methyl sites for hydroxylation is 1. The first kappa shape index (κ1) is 20.2. The number of likely N-dealkylation sites (tertiary alicyclic amines) is 1. The predicted octanol–water partition coefficient (Wildman–Crippen LogP) is 1.29. The number of sulfonamides is 1. The molecule has 8 heteroatoms. The van der Waals surface area contributed by atoms with E-state index < -0.39 is 10.0 Å². The first-order chi connectivity index (χ1) is 11.5. The molecule has 1 saturated heterocycles. The molecule has 1 heterocycles. The van der Waals surface area contributed by atoms with Crippen molar-refractivity contribution in [3.63, 3.8) is 0 Å². The van der Waals surface area contributed by atoms with Crippen molar-refractivity contribution >= 4 is 28.3 Å². The molecule has 1 aromatic carbocycles. The molecule has 0 spiro atoms. The number of halogens is 1. The molecule has 1 aromatic rings. The van der Waals surface area contributed by atoms with Crippen molar-refractivity contribution in [1.29, 1.82) is 0 Å². The Morgan fingerprint density at radius 3 is 2.44 bits per heavy atom. The molecule has 3 rings (SSSR count). The van der Waals surface area contributed by atoms with Gasteiger partial charge in [0, 0.05) is 25.6 Å². The minimum Gasteiger partial charge on any atom is -0.342 e. The minimum atomic E-state index is -3.40. The minimum absolute atomic E-state index is 0. The van der Waals surface area contributed by atoms with Crippen molar-refractivity contribution in [2.45, 2.75) is 43.0 Å². The van der Waals surface area contributed by atoms with E-state index in [1.54, 1.807) is 24.3 Å². The fourth-order valence-corrected chi connectivity index (χ4v) is 4.29. The second kappa shape index (κ2) is 8.49. The molecule has 1 atom stereocenters. The standard InChI is InChI=1S/C17H25N3O3S.ClH/c18-11-14-9-10-20(12-14)17(21)8-3-13-1-6-16(7-2-13)24(22,23)19-15-4-5-15;/h1-2,6-7,14-15,19H,3-5,8-12,18H2;1H. The van der Waals surface area contributed by atoms with Crippen LogP contribution in [0.5, 0.6) is 0 Å². The van der Waals surface area contributed by atoms with Gasteiger partial charge in [0.05, 0.1) is 4.90 Å². The highest BCUT2D eigenvalue weighted by Gasteiger charge is 2.28. The Kier molecular flexibility index (Phi) is 6.85. The molecule has 1 saturated carbocycles. The molecule has 25 heavy (non-hydrogen) atoms. The van der Waals surface area contributed by atoms with Crippen LogP contribution in [0.2, 0.25) is 0 Å². The highest BCUT2D eigenvalue weighted by atomic mass is 35.5. The van der Waals surface area contributed by atoms with E-state index in [9.17, 15) is 13.2 Å². The van der Waals surface area contributed by atoms with Crippen LogP contribution in [-0.2, 0) is 21.2 Å². The van der Waals surface area contributed by atoms with Crippen molar-refractivity contribution in [3.8, 4) is 0 Å². The van der Waals surface area contributed by atoms with Crippen LogP contribution in [-0.4, -0.2) is 44.9 Å². The summed E-state index contributed by atoms with van der Waals surface area (Å²) < 4.78 is 26.9. The summed E-state index contributed by atoms with van der Waals surface area (Å²) >= 11 is 0. The third kappa shape index (κ3) is 5.41. The highest BCUT2D eigenvalue weighted by Crippen LogP contribution is 2.22. The van der Waals surface area contributed by atoms with Crippen LogP contribution >= 0.6 is 12.4 Å². The van der Waals surface area contributed by atoms with E-state index in [2.05, 4.69) is 4.72 Å². The van der Waals surface area contributed by atoms with E-state index in [4.69, 9.17) is 5.73 Å². The van der Waals surface area contributed by atoms with Gasteiger partial charge in [-0.25, -0.2) is 13.1 Å². The zero-order valence-electron chi connectivity index (χ0n) is 14.2. The molecule has 1 unspecified atom stereocenters. The van der Waals surface area contributed by atoms with Crippen molar-refractivity contribution in [1.82, 2.24) is 9.62 Å². The Hall–Kier alpha value is -1.15. The van der Waals surface area contributed by atoms with Crippen LogP contribution in [0.25, 0.3) is 0 Å². The average Bonchev–Trinajstić information content (AvgIpc) is 3.24. The number of nitrogens with one attached hydrogen (secondary N) is 1. The van der Waals surface area contributed by atoms with Crippen LogP contribution < -0.4 is 10.5 Å². The molecule has 140 valence electrons. The molecule has 0 radical (unpaired) electrons. The molecule has 6 nitrogen and oxygen atoms in total. The Bertz CT molecular complexity index is 690. The zero-order chi connectivity index (χ0) is 17.2. The Morgan fingerprint density at radius 2 is 1.88 bits per heavy atom. The number of carbonyl (C=O) groups is 1. The maximum Gasteiger partial charge on any atom is 0.240 e. The van der Waals surface area contributed by atoms with E-state index in [0.29, 0.717) is 25.3 Å². The lowest BCUT2D eigenvalue weighted by Crippen LogP contribution is -2.30. The van der Waals surface area contributed by atoms with Gasteiger partial charge in [-0.3, -0.25) is 4.79 Å². The molecular weight excluding hydrogens is 362 g/mol. The zero-order valence-corrected chi connectivity index (χ0v) is 15.8. The maximum atomic E-state index is 12.2. The summed E-state index contributed by atoms with van der Waals surface area (Å²) in [4.78, 5) is 14.4. The molecule has 1 amide bonds. The number of benzene rings is 1. The molecule has 0 aromatic heterocycles. The largest absolute Gasteiger partial charge is 0.342 e. The smallest absolute Gasteiger partial charge is 0.240 e. The second-order valence-corrected chi connectivity index (χ2v) is 8.48. The maximum absolute atomic E-state index is 12.2. The average molecular weight is 388 g/mol. The summed E-state index contributed by atoms with van der Waals surface area (Å²) in [6, 6.07) is 6.92. The van der Waals surface area contributed by atoms with Crippen molar-refractivity contribution in [2.75, 3.05) is 19.6 Å². The second-order valence-electron chi connectivity index (χ2n) is 6.77. The Labute approximate surface area is 155 Å². The van der Waals surface area contributed by atoms with Gasteiger partial charge in [-0.05, 0) is 55.8 Å². The lowest BCUT2D eigenvalue weighted by molar-refractivity contribution is -0.130. The van der Waals surface area contributed by atoms with Gasteiger partial charge in [-0.1, -0.05) is 12.1 Å². The molecule has 1 aliphatic heterocycles. The Morgan fingerprint density at radius 1 is 1.20 bits per heavy atom. The molecular formula is C17H26ClN3O3S. The summed E-state index contributed by atoms with van der Waals surface area (Å²) in [5.41, 5.74) is 6.63. The van der Waals surface area contributed by atoms with Crippen molar-refractivity contribution < 1.29 is 13.2 Å². The fourth-order valence-electron chi connectivity index (χ4n) is 2.98. The number of nitrogens with two attached hydrogens (primary N) is 1. The van der Waals surface area contributed by atoms with Gasteiger partial charge in [0.25, 0.3) is 0 Å². The molecule has 2 fully saturated rings. The van der Waals surface area contributed by atoms with Gasteiger partial charge in [0.15, 0.2) is 0 Å². The van der Waals surface area contributed by atoms with Gasteiger partial charge in [0.2, 0.25) is 15.9 Å². The summed E-state index contributed by atoms with van der Waals surface area (Å²) in [5.74, 6) is 0.579. The summed E-state index contributed by atoms with van der Waals surface area (Å²) in [6.07, 6.45) is 3.90. The predicted molar refractivity (Wildman–Crippen MR) is 99.1 cm³/mol. The number of nitrogens with zero attached hydrogens (tertiary/aromatic N) is 1. The first-order valence-corrected chi connectivity index (χ1v) is 10.1. The third-order valence-corrected chi connectivity index (χ3v) is 6.27. The number of hydrogen-bond acceptors (Lipinski definition) is 4. The summed E-state index contributed by atoms with van der Waals surface area (Å²) in [6.45, 7) is 2.19. The lowest BCUT2D eigenvalue weighted by atomic mass is 10.1. The van der Waals surface area contributed by atoms with Crippen LogP contribution in [0.1, 0.15) is 31.2 Å². The van der Waals surface area contributed by atoms with Gasteiger partial charge in [-0.2, -0.15) is 0 Å². The lowest BCUT2D eigenvalue weighted by Gasteiger charge is -2.16. The summed E-state index contributed by atoms with van der Waals surface area (Å²) in [7, 11) is -3.40. The SMILES string of the molecule is Cl.NCC1CCN(C(=O)CCc2ccc(S(=O)(=O)NC3CC3)cc2)C1. The number of rotatable bonds is 7. The van der Waals surface area contributed by atoms with Gasteiger partial charge >= 0.3 is 0 Å². The van der Waals surface area contributed by atoms with Gasteiger partial charge in [-0.15, -0.1) is 12.4 Å². The topological polar surface area (TPSA) is 92.5 Å². The molecule has 3 N–H and O–H groups in total. The van der Waals surface area contributed by atoms with Crippen LogP contribution in [0, 0.1) is 5.92 Å².